The maximum absolute atomic E-state index is 5.91. The zero-order chi connectivity index (χ0) is 20.7. The fourth-order valence-electron chi connectivity index (χ4n) is 4.29. The van der Waals surface area contributed by atoms with Crippen LogP contribution in [-0.4, -0.2) is 52.8 Å². The second-order valence-electron chi connectivity index (χ2n) is 8.04. The van der Waals surface area contributed by atoms with Gasteiger partial charge in [-0.3, -0.25) is 9.88 Å². The van der Waals surface area contributed by atoms with E-state index in [1.165, 1.54) is 11.1 Å². The summed E-state index contributed by atoms with van der Waals surface area (Å²) in [5.74, 6) is 0.902. The summed E-state index contributed by atoms with van der Waals surface area (Å²) in [7, 11) is 1.72. The molecule has 6 heteroatoms. The van der Waals surface area contributed by atoms with Crippen LogP contribution in [0.3, 0.4) is 0 Å². The van der Waals surface area contributed by atoms with Gasteiger partial charge in [0.2, 0.25) is 0 Å². The Bertz CT molecular complexity index is 893. The molecule has 1 aliphatic rings. The number of aromatic nitrogens is 3. The van der Waals surface area contributed by atoms with Crippen LogP contribution in [0.15, 0.2) is 67.5 Å². The lowest BCUT2D eigenvalue weighted by Gasteiger charge is -2.35. The first-order valence-electron chi connectivity index (χ1n) is 10.6. The van der Waals surface area contributed by atoms with Gasteiger partial charge < -0.3 is 14.0 Å². The molecule has 0 saturated carbocycles. The smallest absolute Gasteiger partial charge is 0.119 e. The van der Waals surface area contributed by atoms with Gasteiger partial charge in [0, 0.05) is 63.0 Å². The Kier molecular flexibility index (Phi) is 6.77. The molecule has 3 aromatic rings. The molecule has 1 fully saturated rings. The Morgan fingerprint density at radius 2 is 2.07 bits per heavy atom. The van der Waals surface area contributed by atoms with Crippen LogP contribution in [0.1, 0.15) is 24.0 Å². The van der Waals surface area contributed by atoms with Crippen molar-refractivity contribution in [3.8, 4) is 5.75 Å². The number of rotatable bonds is 10. The van der Waals surface area contributed by atoms with E-state index in [0.717, 1.165) is 58.0 Å². The Hall–Kier alpha value is -2.70. The molecule has 2 aromatic heterocycles. The van der Waals surface area contributed by atoms with Crippen molar-refractivity contribution in [2.75, 3.05) is 33.4 Å². The molecule has 1 aliphatic heterocycles. The summed E-state index contributed by atoms with van der Waals surface area (Å²) in [4.78, 5) is 10.9. The molecule has 4 rings (SSSR count). The van der Waals surface area contributed by atoms with Crippen LogP contribution in [-0.2, 0) is 23.2 Å². The Balaban J connectivity index is 1.52. The van der Waals surface area contributed by atoms with Crippen LogP contribution in [0, 0.1) is 0 Å². The van der Waals surface area contributed by atoms with Gasteiger partial charge in [-0.15, -0.1) is 0 Å². The molecule has 0 radical (unpaired) electrons. The number of benzene rings is 1. The van der Waals surface area contributed by atoms with E-state index in [-0.39, 0.29) is 5.41 Å². The van der Waals surface area contributed by atoms with Crippen molar-refractivity contribution in [3.63, 3.8) is 0 Å². The van der Waals surface area contributed by atoms with Crippen molar-refractivity contribution >= 4 is 0 Å². The van der Waals surface area contributed by atoms with Crippen LogP contribution in [0.2, 0.25) is 0 Å². The van der Waals surface area contributed by atoms with E-state index in [1.54, 1.807) is 7.11 Å². The minimum atomic E-state index is -0.0173. The van der Waals surface area contributed by atoms with Gasteiger partial charge in [-0.1, -0.05) is 12.1 Å². The molecule has 30 heavy (non-hydrogen) atoms. The lowest BCUT2D eigenvalue weighted by atomic mass is 9.79. The molecule has 0 aliphatic carbocycles. The van der Waals surface area contributed by atoms with E-state index in [9.17, 15) is 0 Å². The highest BCUT2D eigenvalue weighted by molar-refractivity contribution is 5.35. The van der Waals surface area contributed by atoms with E-state index < -0.39 is 0 Å². The summed E-state index contributed by atoms with van der Waals surface area (Å²) in [5.41, 5.74) is 2.57. The number of imidazole rings is 1. The maximum atomic E-state index is 5.91. The zero-order valence-corrected chi connectivity index (χ0v) is 17.6. The fourth-order valence-corrected chi connectivity index (χ4v) is 4.29. The molecule has 0 amide bonds. The summed E-state index contributed by atoms with van der Waals surface area (Å²) in [6, 6.07) is 12.7. The highest BCUT2D eigenvalue weighted by Crippen LogP contribution is 2.36. The molecule has 0 spiro atoms. The monoisotopic (exact) mass is 406 g/mol. The van der Waals surface area contributed by atoms with Crippen molar-refractivity contribution in [3.05, 3.63) is 78.6 Å². The first-order valence-corrected chi connectivity index (χ1v) is 10.6. The van der Waals surface area contributed by atoms with Crippen molar-refractivity contribution in [2.45, 2.75) is 31.3 Å². The molecular formula is C24H30N4O2. The summed E-state index contributed by atoms with van der Waals surface area (Å²) in [6.45, 7) is 5.37. The number of hydrogen-bond acceptors (Lipinski definition) is 5. The molecule has 0 N–H and O–H groups in total. The van der Waals surface area contributed by atoms with E-state index in [2.05, 4.69) is 49.8 Å². The number of pyridine rings is 1. The predicted molar refractivity (Wildman–Crippen MR) is 116 cm³/mol. The molecule has 1 unspecified atom stereocenters. The molecule has 158 valence electrons. The van der Waals surface area contributed by atoms with Gasteiger partial charge in [-0.25, -0.2) is 4.98 Å². The Labute approximate surface area is 178 Å². The van der Waals surface area contributed by atoms with E-state index >= 15 is 0 Å². The second-order valence-corrected chi connectivity index (χ2v) is 8.04. The minimum Gasteiger partial charge on any atom is -0.497 e. The molecule has 1 aromatic carbocycles. The van der Waals surface area contributed by atoms with E-state index in [4.69, 9.17) is 9.47 Å². The third kappa shape index (κ3) is 5.07. The first-order chi connectivity index (χ1) is 14.8. The Morgan fingerprint density at radius 1 is 1.17 bits per heavy atom. The molecule has 3 heterocycles. The molecule has 1 saturated heterocycles. The topological polar surface area (TPSA) is 52.4 Å². The molecule has 0 bridgehead atoms. The van der Waals surface area contributed by atoms with Crippen LogP contribution < -0.4 is 4.74 Å². The quantitative estimate of drug-likeness (QED) is 0.516. The number of hydrogen-bond donors (Lipinski definition) is 0. The van der Waals surface area contributed by atoms with Crippen LogP contribution in [0.5, 0.6) is 5.75 Å². The van der Waals surface area contributed by atoms with E-state index in [0.29, 0.717) is 0 Å². The lowest BCUT2D eigenvalue weighted by Crippen LogP contribution is -2.42. The van der Waals surface area contributed by atoms with Gasteiger partial charge in [-0.05, 0) is 48.2 Å². The fraction of sp³-hybridized carbons (Fsp3) is 0.417. The highest BCUT2D eigenvalue weighted by atomic mass is 16.5. The van der Waals surface area contributed by atoms with Crippen molar-refractivity contribution in [1.29, 1.82) is 0 Å². The van der Waals surface area contributed by atoms with Crippen molar-refractivity contribution in [1.82, 2.24) is 19.4 Å². The number of aryl methyl sites for hydroxylation is 1. The standard InChI is InChI=1S/C24H30N4O2/c1-29-23-5-2-4-22(16-23)24(8-15-30-19-24)18-28(17-21-6-9-25-10-7-21)13-3-12-27-14-11-26-20-27/h2,4-7,9-11,14,16,20H,3,8,12-13,15,17-19H2,1H3. The summed E-state index contributed by atoms with van der Waals surface area (Å²) in [5, 5.41) is 0. The number of methoxy groups -OCH3 is 1. The van der Waals surface area contributed by atoms with Crippen molar-refractivity contribution < 1.29 is 9.47 Å². The maximum Gasteiger partial charge on any atom is 0.119 e. The largest absolute Gasteiger partial charge is 0.497 e. The van der Waals surface area contributed by atoms with Crippen molar-refractivity contribution in [2.24, 2.45) is 0 Å². The van der Waals surface area contributed by atoms with Gasteiger partial charge in [-0.2, -0.15) is 0 Å². The zero-order valence-electron chi connectivity index (χ0n) is 17.6. The number of nitrogens with zero attached hydrogens (tertiary/aromatic N) is 4. The highest BCUT2D eigenvalue weighted by Gasteiger charge is 2.38. The van der Waals surface area contributed by atoms with Gasteiger partial charge >= 0.3 is 0 Å². The Morgan fingerprint density at radius 3 is 2.80 bits per heavy atom. The van der Waals surface area contributed by atoms with Gasteiger partial charge in [0.25, 0.3) is 0 Å². The minimum absolute atomic E-state index is 0.0173. The van der Waals surface area contributed by atoms with Crippen LogP contribution >= 0.6 is 0 Å². The second kappa shape index (κ2) is 9.87. The first kappa shape index (κ1) is 20.6. The van der Waals surface area contributed by atoms with Crippen LogP contribution in [0.4, 0.5) is 0 Å². The predicted octanol–water partition coefficient (Wildman–Crippen LogP) is 3.54. The molecule has 1 atom stereocenters. The average Bonchev–Trinajstić information content (AvgIpc) is 3.47. The van der Waals surface area contributed by atoms with Gasteiger partial charge in [0.15, 0.2) is 0 Å². The molecular weight excluding hydrogens is 376 g/mol. The van der Waals surface area contributed by atoms with Crippen LogP contribution in [0.25, 0.3) is 0 Å². The van der Waals surface area contributed by atoms with Gasteiger partial charge in [0.1, 0.15) is 5.75 Å². The van der Waals surface area contributed by atoms with E-state index in [1.807, 2.05) is 37.2 Å². The third-order valence-corrected chi connectivity index (χ3v) is 5.92. The van der Waals surface area contributed by atoms with Gasteiger partial charge in [0.05, 0.1) is 20.0 Å². The third-order valence-electron chi connectivity index (χ3n) is 5.92. The summed E-state index contributed by atoms with van der Waals surface area (Å²) in [6.07, 6.45) is 11.6. The number of ether oxygens (including phenoxy) is 2. The SMILES string of the molecule is COc1cccc(C2(CN(CCCn3ccnc3)Cc3ccncc3)CCOC2)c1. The molecule has 6 nitrogen and oxygen atoms in total. The summed E-state index contributed by atoms with van der Waals surface area (Å²) < 4.78 is 13.5. The lowest BCUT2D eigenvalue weighted by molar-refractivity contribution is 0.145. The summed E-state index contributed by atoms with van der Waals surface area (Å²) >= 11 is 0. The average molecular weight is 407 g/mol. The normalized spacial score (nSPS) is 18.7.